The Labute approximate surface area is 174 Å². The van der Waals surface area contributed by atoms with Crippen LogP contribution in [0.5, 0.6) is 0 Å². The van der Waals surface area contributed by atoms with Gasteiger partial charge in [-0.25, -0.2) is 0 Å². The van der Waals surface area contributed by atoms with Gasteiger partial charge in [0.2, 0.25) is 5.91 Å². The predicted octanol–water partition coefficient (Wildman–Crippen LogP) is 3.15. The third-order valence-electron chi connectivity index (χ3n) is 5.94. The number of benzene rings is 1. The normalized spacial score (nSPS) is 19.3. The zero-order valence-corrected chi connectivity index (χ0v) is 17.3. The van der Waals surface area contributed by atoms with Gasteiger partial charge in [-0.3, -0.25) is 19.2 Å². The van der Waals surface area contributed by atoms with Crippen molar-refractivity contribution >= 4 is 29.2 Å². The molecule has 2 aromatic rings. The Hall–Kier alpha value is -1.84. The fourth-order valence-corrected chi connectivity index (χ4v) is 4.62. The van der Waals surface area contributed by atoms with Gasteiger partial charge in [0.05, 0.1) is 24.2 Å². The molecule has 29 heavy (non-hydrogen) atoms. The van der Waals surface area contributed by atoms with Crippen LogP contribution in [0, 0.1) is 4.77 Å². The van der Waals surface area contributed by atoms with Gasteiger partial charge >= 0.3 is 6.55 Å². The summed E-state index contributed by atoms with van der Waals surface area (Å²) in [5.74, 6) is 0.223. The maximum Gasteiger partial charge on any atom is 0.321 e. The van der Waals surface area contributed by atoms with Crippen molar-refractivity contribution in [1.82, 2.24) is 23.8 Å². The number of halogens is 2. The molecule has 0 radical (unpaired) electrons. The lowest BCUT2D eigenvalue weighted by Crippen LogP contribution is -2.50. The summed E-state index contributed by atoms with van der Waals surface area (Å²) in [6, 6.07) is 7.10. The molecule has 0 N–H and O–H groups in total. The van der Waals surface area contributed by atoms with E-state index in [-0.39, 0.29) is 10.7 Å². The molecule has 0 saturated carbocycles. The van der Waals surface area contributed by atoms with Crippen molar-refractivity contribution in [2.75, 3.05) is 45.8 Å². The second-order valence-electron chi connectivity index (χ2n) is 7.82. The van der Waals surface area contributed by atoms with Crippen molar-refractivity contribution in [2.24, 2.45) is 0 Å². The number of piperazine rings is 1. The average molecular weight is 424 g/mol. The average Bonchev–Trinajstić information content (AvgIpc) is 3.02. The number of nitrogens with zero attached hydrogens (tertiary/aromatic N) is 5. The smallest absolute Gasteiger partial charge is 0.321 e. The highest BCUT2D eigenvalue weighted by Gasteiger charge is 2.24. The number of piperidine rings is 1. The molecule has 0 spiro atoms. The van der Waals surface area contributed by atoms with E-state index < -0.39 is 6.55 Å². The number of amides is 1. The van der Waals surface area contributed by atoms with Gasteiger partial charge in [0, 0.05) is 39.3 Å². The maximum absolute atomic E-state index is 13.5. The molecule has 2 saturated heterocycles. The number of hydrogen-bond donors (Lipinski definition) is 0. The molecule has 9 heteroatoms. The number of carbonyl (C=O) groups is 1. The monoisotopic (exact) mass is 423 g/mol. The van der Waals surface area contributed by atoms with Crippen LogP contribution in [-0.4, -0.2) is 75.6 Å². The summed E-state index contributed by atoms with van der Waals surface area (Å²) in [7, 11) is 0. The predicted molar refractivity (Wildman–Crippen MR) is 110 cm³/mol. The van der Waals surface area contributed by atoms with Gasteiger partial charge in [-0.05, 0) is 43.6 Å². The number of carbonyl (C=O) groups excluding carboxylic acids is 1. The Balaban J connectivity index is 1.38. The van der Waals surface area contributed by atoms with Crippen molar-refractivity contribution in [1.29, 1.82) is 0 Å². The highest BCUT2D eigenvalue weighted by molar-refractivity contribution is 7.71. The van der Waals surface area contributed by atoms with Gasteiger partial charge < -0.3 is 9.47 Å². The third kappa shape index (κ3) is 4.36. The Morgan fingerprint density at radius 1 is 0.931 bits per heavy atom. The molecule has 6 nitrogen and oxygen atoms in total. The van der Waals surface area contributed by atoms with E-state index in [9.17, 15) is 13.6 Å². The first-order valence-corrected chi connectivity index (χ1v) is 10.7. The van der Waals surface area contributed by atoms with E-state index >= 15 is 0 Å². The van der Waals surface area contributed by atoms with Crippen LogP contribution in [0.25, 0.3) is 11.0 Å². The standard InChI is InChI=1S/C20H27F2N5OS/c21-19(22)27-17-7-3-2-6-16(17)26(20(27)29)15-24-12-10-23(11-13-24)14-18(28)25-8-4-1-5-9-25/h2-3,6-7,19H,1,4-5,8-15H2. The molecule has 2 fully saturated rings. The van der Waals surface area contributed by atoms with E-state index in [1.165, 1.54) is 6.42 Å². The lowest BCUT2D eigenvalue weighted by molar-refractivity contribution is -0.133. The van der Waals surface area contributed by atoms with Crippen molar-refractivity contribution in [3.05, 3.63) is 29.0 Å². The van der Waals surface area contributed by atoms with Crippen LogP contribution in [0.3, 0.4) is 0 Å². The minimum Gasteiger partial charge on any atom is -0.342 e. The van der Waals surface area contributed by atoms with Crippen LogP contribution >= 0.6 is 12.2 Å². The quantitative estimate of drug-likeness (QED) is 0.693. The molecule has 3 heterocycles. The molecule has 1 amide bonds. The fourth-order valence-electron chi connectivity index (χ4n) is 4.28. The summed E-state index contributed by atoms with van der Waals surface area (Å²) in [5, 5.41) is 0. The number of para-hydroxylation sites is 2. The largest absolute Gasteiger partial charge is 0.342 e. The molecule has 2 aliphatic rings. The molecule has 2 aliphatic heterocycles. The van der Waals surface area contributed by atoms with E-state index in [4.69, 9.17) is 12.2 Å². The summed E-state index contributed by atoms with van der Waals surface area (Å²) in [6.07, 6.45) is 3.42. The molecule has 1 aromatic heterocycles. The molecular weight excluding hydrogens is 396 g/mol. The topological polar surface area (TPSA) is 36.7 Å². The summed E-state index contributed by atoms with van der Waals surface area (Å²) in [5.41, 5.74) is 1.18. The van der Waals surface area contributed by atoms with Crippen molar-refractivity contribution < 1.29 is 13.6 Å². The first kappa shape index (κ1) is 20.4. The highest BCUT2D eigenvalue weighted by Crippen LogP contribution is 2.24. The molecule has 0 unspecified atom stereocenters. The number of likely N-dealkylation sites (tertiary alicyclic amines) is 1. The Morgan fingerprint density at radius 2 is 1.55 bits per heavy atom. The van der Waals surface area contributed by atoms with Crippen molar-refractivity contribution in [3.8, 4) is 0 Å². The SMILES string of the molecule is O=C(CN1CCN(Cn2c(=S)n(C(F)F)c3ccccc32)CC1)N1CCCCC1. The van der Waals surface area contributed by atoms with Gasteiger partial charge in [0.1, 0.15) is 0 Å². The molecule has 158 valence electrons. The van der Waals surface area contributed by atoms with Crippen LogP contribution in [0.1, 0.15) is 25.8 Å². The number of hydrogen-bond acceptors (Lipinski definition) is 4. The van der Waals surface area contributed by atoms with Crippen LogP contribution in [0.2, 0.25) is 0 Å². The highest BCUT2D eigenvalue weighted by atomic mass is 32.1. The van der Waals surface area contributed by atoms with E-state index in [2.05, 4.69) is 9.80 Å². The minimum atomic E-state index is -2.66. The second-order valence-corrected chi connectivity index (χ2v) is 8.19. The van der Waals surface area contributed by atoms with Gasteiger partial charge in [-0.2, -0.15) is 8.78 Å². The van der Waals surface area contributed by atoms with Crippen LogP contribution in [-0.2, 0) is 11.5 Å². The third-order valence-corrected chi connectivity index (χ3v) is 6.36. The van der Waals surface area contributed by atoms with Gasteiger partial charge in [-0.1, -0.05) is 12.1 Å². The number of aromatic nitrogens is 2. The Kier molecular flexibility index (Phi) is 6.26. The molecule has 0 aliphatic carbocycles. The molecule has 0 bridgehead atoms. The van der Waals surface area contributed by atoms with Crippen LogP contribution in [0.15, 0.2) is 24.3 Å². The van der Waals surface area contributed by atoms with E-state index in [0.717, 1.165) is 62.2 Å². The molecule has 1 aromatic carbocycles. The molecule has 4 rings (SSSR count). The molecular formula is C20H27F2N5OS. The lowest BCUT2D eigenvalue weighted by atomic mass is 10.1. The number of rotatable bonds is 5. The van der Waals surface area contributed by atoms with E-state index in [1.807, 2.05) is 17.0 Å². The minimum absolute atomic E-state index is 0.143. The number of fused-ring (bicyclic) bond motifs is 1. The van der Waals surface area contributed by atoms with Gasteiger partial charge in [0.25, 0.3) is 0 Å². The van der Waals surface area contributed by atoms with E-state index in [1.54, 1.807) is 16.7 Å². The maximum atomic E-state index is 13.5. The summed E-state index contributed by atoms with van der Waals surface area (Å²) in [4.78, 5) is 18.9. The summed E-state index contributed by atoms with van der Waals surface area (Å²) in [6.45, 7) is 3.20. The lowest BCUT2D eigenvalue weighted by Gasteiger charge is -2.36. The second kappa shape index (κ2) is 8.89. The zero-order chi connectivity index (χ0) is 20.4. The Bertz CT molecular complexity index is 913. The van der Waals surface area contributed by atoms with E-state index in [0.29, 0.717) is 18.7 Å². The van der Waals surface area contributed by atoms with Crippen LogP contribution in [0.4, 0.5) is 8.78 Å². The first-order chi connectivity index (χ1) is 14.0. The molecule has 0 atom stereocenters. The first-order valence-electron chi connectivity index (χ1n) is 10.2. The van der Waals surface area contributed by atoms with Gasteiger partial charge in [-0.15, -0.1) is 0 Å². The zero-order valence-electron chi connectivity index (χ0n) is 16.5. The summed E-state index contributed by atoms with van der Waals surface area (Å²) >= 11 is 5.35. The number of imidazole rings is 1. The van der Waals surface area contributed by atoms with Crippen molar-refractivity contribution in [2.45, 2.75) is 32.5 Å². The Morgan fingerprint density at radius 3 is 2.21 bits per heavy atom. The fraction of sp³-hybridized carbons (Fsp3) is 0.600. The number of alkyl halides is 2. The van der Waals surface area contributed by atoms with Crippen LogP contribution < -0.4 is 0 Å². The van der Waals surface area contributed by atoms with Gasteiger partial charge in [0.15, 0.2) is 4.77 Å². The van der Waals surface area contributed by atoms with Crippen molar-refractivity contribution in [3.63, 3.8) is 0 Å². The summed E-state index contributed by atoms with van der Waals surface area (Å²) < 4.78 is 29.8.